The first-order valence-corrected chi connectivity index (χ1v) is 7.46. The number of halogens is 3. The molecule has 0 aromatic heterocycles. The van der Waals surface area contributed by atoms with Crippen molar-refractivity contribution in [2.75, 3.05) is 31.6 Å². The van der Waals surface area contributed by atoms with Crippen molar-refractivity contribution in [3.05, 3.63) is 0 Å². The van der Waals surface area contributed by atoms with Crippen LogP contribution in [0.4, 0.5) is 18.0 Å². The Morgan fingerprint density at radius 2 is 2.10 bits per heavy atom. The Morgan fingerprint density at radius 1 is 1.45 bits per heavy atom. The van der Waals surface area contributed by atoms with Crippen LogP contribution in [0.1, 0.15) is 12.8 Å². The quantitative estimate of drug-likeness (QED) is 0.759. The third-order valence-corrected chi connectivity index (χ3v) is 4.01. The van der Waals surface area contributed by atoms with Gasteiger partial charge in [0.25, 0.3) is 0 Å². The molecule has 0 aromatic carbocycles. The highest BCUT2D eigenvalue weighted by molar-refractivity contribution is 7.98. The second-order valence-corrected chi connectivity index (χ2v) is 5.62. The van der Waals surface area contributed by atoms with Crippen molar-refractivity contribution in [1.29, 1.82) is 0 Å². The monoisotopic (exact) mass is 314 g/mol. The third-order valence-electron chi connectivity index (χ3n) is 3.31. The van der Waals surface area contributed by atoms with Gasteiger partial charge in [-0.15, -0.1) is 0 Å². The van der Waals surface area contributed by atoms with Crippen molar-refractivity contribution in [2.24, 2.45) is 5.41 Å². The van der Waals surface area contributed by atoms with Crippen LogP contribution in [0, 0.1) is 5.41 Å². The summed E-state index contributed by atoms with van der Waals surface area (Å²) in [6.07, 6.45) is -2.85. The Bertz CT molecular complexity index is 378. The summed E-state index contributed by atoms with van der Waals surface area (Å²) >= 11 is 1.60. The van der Waals surface area contributed by atoms with E-state index in [1.807, 2.05) is 6.26 Å². The summed E-state index contributed by atoms with van der Waals surface area (Å²) in [6.45, 7) is -0.678. The number of amides is 2. The highest BCUT2D eigenvalue weighted by atomic mass is 32.2. The van der Waals surface area contributed by atoms with Crippen LogP contribution < -0.4 is 5.32 Å². The summed E-state index contributed by atoms with van der Waals surface area (Å²) in [7, 11) is 0. The van der Waals surface area contributed by atoms with Gasteiger partial charge < -0.3 is 15.3 Å². The molecule has 0 radical (unpaired) electrons. The lowest BCUT2D eigenvalue weighted by atomic mass is 9.86. The van der Waals surface area contributed by atoms with Gasteiger partial charge in [-0.05, 0) is 24.9 Å². The summed E-state index contributed by atoms with van der Waals surface area (Å²) in [4.78, 5) is 23.6. The summed E-state index contributed by atoms with van der Waals surface area (Å²) in [5.41, 5.74) is -2.84. The molecule has 1 aliphatic rings. The van der Waals surface area contributed by atoms with Crippen LogP contribution in [-0.4, -0.2) is 59.8 Å². The first-order chi connectivity index (χ1) is 9.24. The zero-order chi connectivity index (χ0) is 15.4. The average Bonchev–Trinajstić information content (AvgIpc) is 2.80. The van der Waals surface area contributed by atoms with Gasteiger partial charge in [-0.1, -0.05) is 0 Å². The molecule has 0 bridgehead atoms. The number of carboxylic acid groups (broad SMARTS) is 1. The fraction of sp³-hybridized carbons (Fsp3) is 0.818. The van der Waals surface area contributed by atoms with E-state index < -0.39 is 36.6 Å². The predicted octanol–water partition coefficient (Wildman–Crippen LogP) is 1.79. The van der Waals surface area contributed by atoms with Gasteiger partial charge >= 0.3 is 18.2 Å². The zero-order valence-corrected chi connectivity index (χ0v) is 11.8. The van der Waals surface area contributed by atoms with Gasteiger partial charge in [0, 0.05) is 19.6 Å². The Hall–Kier alpha value is -1.12. The molecule has 1 aliphatic heterocycles. The molecule has 1 saturated heterocycles. The second-order valence-electron chi connectivity index (χ2n) is 4.63. The van der Waals surface area contributed by atoms with E-state index in [0.29, 0.717) is 13.0 Å². The molecule has 9 heteroatoms. The zero-order valence-electron chi connectivity index (χ0n) is 11.0. The number of thioether (sulfide) groups is 1. The largest absolute Gasteiger partial charge is 0.481 e. The van der Waals surface area contributed by atoms with Crippen molar-refractivity contribution in [2.45, 2.75) is 19.0 Å². The maximum Gasteiger partial charge on any atom is 0.406 e. The van der Waals surface area contributed by atoms with Crippen LogP contribution in [0.25, 0.3) is 0 Å². The van der Waals surface area contributed by atoms with Crippen molar-refractivity contribution < 1.29 is 27.9 Å². The molecule has 2 N–H and O–H groups in total. The number of nitrogens with one attached hydrogen (secondary N) is 1. The molecule has 1 unspecified atom stereocenters. The molecule has 0 aromatic rings. The van der Waals surface area contributed by atoms with Crippen molar-refractivity contribution in [1.82, 2.24) is 10.2 Å². The number of nitrogens with zero attached hydrogens (tertiary/aromatic N) is 1. The lowest BCUT2D eigenvalue weighted by Crippen LogP contribution is -2.49. The smallest absolute Gasteiger partial charge is 0.406 e. The van der Waals surface area contributed by atoms with E-state index in [2.05, 4.69) is 5.32 Å². The summed E-state index contributed by atoms with van der Waals surface area (Å²) in [5, 5.41) is 11.4. The van der Waals surface area contributed by atoms with Gasteiger partial charge in [0.1, 0.15) is 0 Å². The van der Waals surface area contributed by atoms with Crippen LogP contribution in [0.2, 0.25) is 0 Å². The number of carbonyl (C=O) groups excluding carboxylic acids is 1. The Balaban J connectivity index is 2.61. The fourth-order valence-electron chi connectivity index (χ4n) is 2.03. The number of likely N-dealkylation sites (tertiary alicyclic amines) is 1. The molecule has 20 heavy (non-hydrogen) atoms. The number of hydrogen-bond acceptors (Lipinski definition) is 3. The first kappa shape index (κ1) is 16.9. The van der Waals surface area contributed by atoms with E-state index >= 15 is 0 Å². The van der Waals surface area contributed by atoms with Gasteiger partial charge in [0.15, 0.2) is 5.41 Å². The van der Waals surface area contributed by atoms with E-state index in [-0.39, 0.29) is 6.54 Å². The SMILES string of the molecule is CSCCCNC(=O)N1CCC(C(=O)O)(C(F)(F)F)C1. The topological polar surface area (TPSA) is 69.6 Å². The van der Waals surface area contributed by atoms with E-state index in [0.717, 1.165) is 10.7 Å². The normalized spacial score (nSPS) is 22.9. The summed E-state index contributed by atoms with van der Waals surface area (Å²) < 4.78 is 38.7. The molecule has 2 amide bonds. The standard InChI is InChI=1S/C11H17F3N2O3S/c1-20-6-2-4-15-9(19)16-5-3-10(7-16,8(17)18)11(12,13)14/h2-7H2,1H3,(H,15,19)(H,17,18). The molecule has 0 aliphatic carbocycles. The lowest BCUT2D eigenvalue weighted by molar-refractivity contribution is -0.226. The van der Waals surface area contributed by atoms with Crippen molar-refractivity contribution >= 4 is 23.8 Å². The van der Waals surface area contributed by atoms with Crippen LogP contribution in [0.5, 0.6) is 0 Å². The molecular formula is C11H17F3N2O3S. The van der Waals surface area contributed by atoms with E-state index in [1.165, 1.54) is 0 Å². The Kier molecular flexibility index (Phi) is 5.55. The van der Waals surface area contributed by atoms with Crippen LogP contribution in [0.3, 0.4) is 0 Å². The van der Waals surface area contributed by atoms with Crippen LogP contribution in [0.15, 0.2) is 0 Å². The summed E-state index contributed by atoms with van der Waals surface area (Å²) in [5.74, 6) is -1.09. The predicted molar refractivity (Wildman–Crippen MR) is 68.7 cm³/mol. The minimum atomic E-state index is -4.87. The van der Waals surface area contributed by atoms with Gasteiger partial charge in [0.05, 0.1) is 0 Å². The molecule has 116 valence electrons. The Morgan fingerprint density at radius 3 is 2.55 bits per heavy atom. The molecule has 0 saturated carbocycles. The lowest BCUT2D eigenvalue weighted by Gasteiger charge is -2.27. The minimum absolute atomic E-state index is 0.208. The maximum absolute atomic E-state index is 12.9. The highest BCUT2D eigenvalue weighted by Gasteiger charge is 2.64. The van der Waals surface area contributed by atoms with E-state index in [9.17, 15) is 22.8 Å². The number of carboxylic acids is 1. The number of aliphatic carboxylic acids is 1. The minimum Gasteiger partial charge on any atom is -0.481 e. The number of urea groups is 1. The van der Waals surface area contributed by atoms with Crippen LogP contribution >= 0.6 is 11.8 Å². The molecule has 1 heterocycles. The third kappa shape index (κ3) is 3.50. The van der Waals surface area contributed by atoms with E-state index in [1.54, 1.807) is 11.8 Å². The first-order valence-electron chi connectivity index (χ1n) is 6.06. The van der Waals surface area contributed by atoms with E-state index in [4.69, 9.17) is 5.11 Å². The van der Waals surface area contributed by atoms with Gasteiger partial charge in [-0.2, -0.15) is 24.9 Å². The molecule has 0 spiro atoms. The molecular weight excluding hydrogens is 297 g/mol. The van der Waals surface area contributed by atoms with Gasteiger partial charge in [-0.25, -0.2) is 4.79 Å². The number of carbonyl (C=O) groups is 2. The average molecular weight is 314 g/mol. The highest BCUT2D eigenvalue weighted by Crippen LogP contribution is 2.45. The van der Waals surface area contributed by atoms with Crippen molar-refractivity contribution in [3.63, 3.8) is 0 Å². The molecule has 1 fully saturated rings. The molecule has 1 rings (SSSR count). The van der Waals surface area contributed by atoms with Gasteiger partial charge in [-0.3, -0.25) is 4.79 Å². The number of rotatable bonds is 5. The fourth-order valence-corrected chi connectivity index (χ4v) is 2.47. The molecule has 5 nitrogen and oxygen atoms in total. The Labute approximate surface area is 118 Å². The summed E-state index contributed by atoms with van der Waals surface area (Å²) in [6, 6.07) is -0.640. The number of alkyl halides is 3. The van der Waals surface area contributed by atoms with Crippen molar-refractivity contribution in [3.8, 4) is 0 Å². The van der Waals surface area contributed by atoms with Gasteiger partial charge in [0.2, 0.25) is 0 Å². The maximum atomic E-state index is 12.9. The molecule has 1 atom stereocenters. The second kappa shape index (κ2) is 6.55. The van der Waals surface area contributed by atoms with Crippen LogP contribution in [-0.2, 0) is 4.79 Å². The number of hydrogen-bond donors (Lipinski definition) is 2.